The number of nitrogens with zero attached hydrogens (tertiary/aromatic N) is 4. The van der Waals surface area contributed by atoms with Crippen molar-refractivity contribution in [1.82, 2.24) is 19.5 Å². The van der Waals surface area contributed by atoms with Crippen molar-refractivity contribution in [3.63, 3.8) is 0 Å². The topological polar surface area (TPSA) is 146 Å². The molecule has 11 heteroatoms. The van der Waals surface area contributed by atoms with Gasteiger partial charge in [0.1, 0.15) is 17.6 Å². The number of anilines is 1. The van der Waals surface area contributed by atoms with Crippen LogP contribution >= 0.6 is 7.82 Å². The Balaban J connectivity index is 1.41. The van der Waals surface area contributed by atoms with E-state index in [9.17, 15) is 14.6 Å². The normalized spacial score (nSPS) is 23.9. The van der Waals surface area contributed by atoms with Crippen LogP contribution in [0.5, 0.6) is 5.75 Å². The number of phosphoric ester groups is 1. The van der Waals surface area contributed by atoms with E-state index in [2.05, 4.69) is 15.0 Å². The summed E-state index contributed by atoms with van der Waals surface area (Å²) in [5.41, 5.74) is 6.92. The maximum Gasteiger partial charge on any atom is 0.527 e. The Morgan fingerprint density at radius 3 is 2.79 bits per heavy atom. The van der Waals surface area contributed by atoms with E-state index >= 15 is 0 Å². The van der Waals surface area contributed by atoms with Gasteiger partial charge in [-0.05, 0) is 24.5 Å². The van der Waals surface area contributed by atoms with Gasteiger partial charge in [-0.25, -0.2) is 19.5 Å². The second kappa shape index (κ2) is 7.48. The Kier molecular flexibility index (Phi) is 5.03. The van der Waals surface area contributed by atoms with Crippen molar-refractivity contribution in [2.24, 2.45) is 11.8 Å². The summed E-state index contributed by atoms with van der Waals surface area (Å²) >= 11 is 0. The maximum atomic E-state index is 12.1. The van der Waals surface area contributed by atoms with Gasteiger partial charge in [0.2, 0.25) is 0 Å². The van der Waals surface area contributed by atoms with E-state index in [1.807, 2.05) is 4.57 Å². The fraction of sp³-hybridized carbons (Fsp3) is 0.353. The molecule has 0 saturated heterocycles. The maximum absolute atomic E-state index is 12.1. The van der Waals surface area contributed by atoms with E-state index in [0.29, 0.717) is 23.4 Å². The van der Waals surface area contributed by atoms with E-state index in [4.69, 9.17) is 14.8 Å². The van der Waals surface area contributed by atoms with Crippen molar-refractivity contribution < 1.29 is 23.6 Å². The Hall–Kier alpha value is -2.52. The molecule has 28 heavy (non-hydrogen) atoms. The average molecular weight is 405 g/mol. The van der Waals surface area contributed by atoms with Crippen LogP contribution in [0.4, 0.5) is 5.82 Å². The van der Waals surface area contributed by atoms with E-state index in [1.165, 1.54) is 6.33 Å². The molecule has 1 unspecified atom stereocenters. The van der Waals surface area contributed by atoms with Crippen molar-refractivity contribution in [2.45, 2.75) is 12.5 Å². The van der Waals surface area contributed by atoms with Gasteiger partial charge in [-0.3, -0.25) is 9.42 Å². The van der Waals surface area contributed by atoms with Crippen molar-refractivity contribution >= 4 is 24.8 Å². The third-order valence-corrected chi connectivity index (χ3v) is 5.93. The third-order valence-electron chi connectivity index (χ3n) is 5.01. The SMILES string of the molecule is Nc1ncnc2c1ncn2[C@@H]1C[C@H](COP(=O)(O)Oc2ccccc2)[C@H]1CO. The zero-order chi connectivity index (χ0) is 19.7. The van der Waals surface area contributed by atoms with Gasteiger partial charge in [0, 0.05) is 18.6 Å². The number of phosphoric acid groups is 1. The molecule has 4 atom stereocenters. The van der Waals surface area contributed by atoms with Crippen molar-refractivity contribution in [3.8, 4) is 5.75 Å². The van der Waals surface area contributed by atoms with E-state index in [0.717, 1.165) is 0 Å². The van der Waals surface area contributed by atoms with Gasteiger partial charge in [-0.2, -0.15) is 0 Å². The first kappa shape index (κ1) is 18.8. The Labute approximate surface area is 160 Å². The van der Waals surface area contributed by atoms with Crippen LogP contribution in [0.15, 0.2) is 43.0 Å². The van der Waals surface area contributed by atoms with E-state index < -0.39 is 7.82 Å². The van der Waals surface area contributed by atoms with Gasteiger partial charge in [-0.15, -0.1) is 0 Å². The number of nitrogen functional groups attached to an aromatic ring is 1. The number of aliphatic hydroxyl groups excluding tert-OH is 1. The van der Waals surface area contributed by atoms with Crippen LogP contribution in [0, 0.1) is 11.8 Å². The summed E-state index contributed by atoms with van der Waals surface area (Å²) in [5.74, 6) is 0.264. The molecule has 0 amide bonds. The number of imidazole rings is 1. The minimum Gasteiger partial charge on any atom is -0.404 e. The minimum absolute atomic E-state index is 0.00785. The summed E-state index contributed by atoms with van der Waals surface area (Å²) in [5, 5.41) is 9.81. The molecular formula is C17H20N5O5P. The number of para-hydroxylation sites is 1. The highest BCUT2D eigenvalue weighted by Crippen LogP contribution is 2.49. The van der Waals surface area contributed by atoms with Crippen LogP contribution in [-0.4, -0.2) is 42.7 Å². The van der Waals surface area contributed by atoms with Gasteiger partial charge in [0.05, 0.1) is 12.9 Å². The summed E-state index contributed by atoms with van der Waals surface area (Å²) in [6.45, 7) is -0.111. The van der Waals surface area contributed by atoms with E-state index in [1.54, 1.807) is 36.7 Å². The van der Waals surface area contributed by atoms with Crippen LogP contribution in [-0.2, 0) is 9.09 Å². The van der Waals surface area contributed by atoms with Crippen molar-refractivity contribution in [3.05, 3.63) is 43.0 Å². The Morgan fingerprint density at radius 2 is 2.04 bits per heavy atom. The number of hydrogen-bond acceptors (Lipinski definition) is 8. The predicted octanol–water partition coefficient (Wildman–Crippen LogP) is 1.77. The first-order chi connectivity index (χ1) is 13.5. The molecule has 0 bridgehead atoms. The monoisotopic (exact) mass is 405 g/mol. The van der Waals surface area contributed by atoms with Crippen LogP contribution in [0.2, 0.25) is 0 Å². The largest absolute Gasteiger partial charge is 0.527 e. The quantitative estimate of drug-likeness (QED) is 0.501. The third kappa shape index (κ3) is 3.59. The summed E-state index contributed by atoms with van der Waals surface area (Å²) in [6, 6.07) is 8.23. The highest BCUT2D eigenvalue weighted by Gasteiger charge is 2.43. The highest BCUT2D eigenvalue weighted by atomic mass is 31.2. The molecule has 1 saturated carbocycles. The molecule has 2 heterocycles. The zero-order valence-corrected chi connectivity index (χ0v) is 15.7. The molecule has 4 rings (SSSR count). The van der Waals surface area contributed by atoms with E-state index in [-0.39, 0.29) is 36.8 Å². The van der Waals surface area contributed by atoms with Gasteiger partial charge >= 0.3 is 7.82 Å². The Bertz CT molecular complexity index is 1010. The second-order valence-electron chi connectivity index (χ2n) is 6.66. The van der Waals surface area contributed by atoms with Gasteiger partial charge in [-0.1, -0.05) is 18.2 Å². The standard InChI is InChI=1S/C17H20N5O5P/c18-16-15-17(20-9-19-16)22(10-21-15)14-6-11(13(14)7-23)8-26-28(24,25)27-12-4-2-1-3-5-12/h1-5,9-11,13-14,23H,6-8H2,(H,24,25)(H2,18,19,20)/t11-,13-,14-/m1/s1. The lowest BCUT2D eigenvalue weighted by Gasteiger charge is -2.44. The smallest absolute Gasteiger partial charge is 0.404 e. The predicted molar refractivity (Wildman–Crippen MR) is 100 cm³/mol. The van der Waals surface area contributed by atoms with Gasteiger partial charge < -0.3 is 19.9 Å². The highest BCUT2D eigenvalue weighted by molar-refractivity contribution is 7.47. The summed E-state index contributed by atoms with van der Waals surface area (Å²) in [7, 11) is -4.25. The molecule has 1 aromatic carbocycles. The molecular weight excluding hydrogens is 385 g/mol. The first-order valence-corrected chi connectivity index (χ1v) is 10.2. The summed E-state index contributed by atoms with van der Waals surface area (Å²) in [6.07, 6.45) is 3.62. The van der Waals surface area contributed by atoms with Crippen LogP contribution in [0.1, 0.15) is 12.5 Å². The zero-order valence-electron chi connectivity index (χ0n) is 14.8. The second-order valence-corrected chi connectivity index (χ2v) is 8.04. The fourth-order valence-electron chi connectivity index (χ4n) is 3.50. The lowest BCUT2D eigenvalue weighted by Crippen LogP contribution is -2.42. The molecule has 10 nitrogen and oxygen atoms in total. The number of fused-ring (bicyclic) bond motifs is 1. The number of hydrogen-bond donors (Lipinski definition) is 3. The molecule has 3 aromatic rings. The van der Waals surface area contributed by atoms with Crippen molar-refractivity contribution in [1.29, 1.82) is 0 Å². The number of aromatic nitrogens is 4. The van der Waals surface area contributed by atoms with Gasteiger partial charge in [0.15, 0.2) is 11.5 Å². The molecule has 148 valence electrons. The fourth-order valence-corrected chi connectivity index (χ4v) is 4.32. The van der Waals surface area contributed by atoms with Crippen LogP contribution < -0.4 is 10.3 Å². The molecule has 0 radical (unpaired) electrons. The van der Waals surface area contributed by atoms with Gasteiger partial charge in [0.25, 0.3) is 0 Å². The average Bonchev–Trinajstić information content (AvgIpc) is 3.07. The first-order valence-electron chi connectivity index (χ1n) is 8.74. The van der Waals surface area contributed by atoms with Crippen LogP contribution in [0.3, 0.4) is 0 Å². The summed E-state index contributed by atoms with van der Waals surface area (Å²) in [4.78, 5) is 22.3. The van der Waals surface area contributed by atoms with Crippen LogP contribution in [0.25, 0.3) is 11.2 Å². The number of aliphatic hydroxyl groups is 1. The molecule has 1 aliphatic rings. The van der Waals surface area contributed by atoms with Crippen molar-refractivity contribution in [2.75, 3.05) is 18.9 Å². The number of benzene rings is 1. The lowest BCUT2D eigenvalue weighted by atomic mass is 9.70. The molecule has 1 aliphatic carbocycles. The molecule has 2 aromatic heterocycles. The molecule has 0 aliphatic heterocycles. The summed E-state index contributed by atoms with van der Waals surface area (Å²) < 4.78 is 24.2. The Morgan fingerprint density at radius 1 is 1.25 bits per heavy atom. The molecule has 1 fully saturated rings. The lowest BCUT2D eigenvalue weighted by molar-refractivity contribution is -0.00488. The number of nitrogens with two attached hydrogens (primary N) is 1. The number of rotatable bonds is 7. The molecule has 4 N–H and O–H groups in total. The minimum atomic E-state index is -4.25. The molecule has 0 spiro atoms.